The van der Waals surface area contributed by atoms with Crippen molar-refractivity contribution in [1.82, 2.24) is 24.2 Å². The van der Waals surface area contributed by atoms with Crippen LogP contribution in [-0.4, -0.2) is 56.3 Å². The summed E-state index contributed by atoms with van der Waals surface area (Å²) in [6.07, 6.45) is 4.53. The molecule has 4 aromatic rings. The topological polar surface area (TPSA) is 53.7 Å². The van der Waals surface area contributed by atoms with E-state index in [2.05, 4.69) is 46.7 Å². The van der Waals surface area contributed by atoms with E-state index in [1.54, 1.807) is 11.3 Å². The van der Waals surface area contributed by atoms with Gasteiger partial charge in [0.05, 0.1) is 22.8 Å². The van der Waals surface area contributed by atoms with Crippen molar-refractivity contribution in [3.63, 3.8) is 0 Å². The number of pyridine rings is 1. The fourth-order valence-electron chi connectivity index (χ4n) is 4.22. The Morgan fingerprint density at radius 3 is 2.53 bits per heavy atom. The number of amides is 1. The maximum absolute atomic E-state index is 13.1. The number of imidazole rings is 1. The molecule has 0 unspecified atom stereocenters. The van der Waals surface area contributed by atoms with Crippen LogP contribution < -0.4 is 0 Å². The predicted octanol–water partition coefficient (Wildman–Crippen LogP) is 3.96. The number of fused-ring (bicyclic) bond motifs is 1. The van der Waals surface area contributed by atoms with Crippen LogP contribution in [0.3, 0.4) is 0 Å². The molecule has 7 heteroatoms. The smallest absolute Gasteiger partial charge is 0.227 e. The molecular weight excluding hydrogens is 418 g/mol. The van der Waals surface area contributed by atoms with E-state index in [0.29, 0.717) is 6.42 Å². The van der Waals surface area contributed by atoms with Gasteiger partial charge in [-0.3, -0.25) is 9.69 Å². The van der Waals surface area contributed by atoms with Crippen molar-refractivity contribution in [2.24, 2.45) is 0 Å². The molecule has 1 aliphatic heterocycles. The zero-order valence-corrected chi connectivity index (χ0v) is 19.3. The number of aryl methyl sites for hydroxylation is 2. The Labute approximate surface area is 192 Å². The largest absolute Gasteiger partial charge is 0.340 e. The van der Waals surface area contributed by atoms with Crippen molar-refractivity contribution < 1.29 is 4.79 Å². The monoisotopic (exact) mass is 445 g/mol. The highest BCUT2D eigenvalue weighted by atomic mass is 32.1. The van der Waals surface area contributed by atoms with E-state index in [9.17, 15) is 4.79 Å². The summed E-state index contributed by atoms with van der Waals surface area (Å²) < 4.78 is 2.05. The van der Waals surface area contributed by atoms with Crippen LogP contribution in [-0.2, 0) is 17.8 Å². The first-order valence-electron chi connectivity index (χ1n) is 11.0. The molecule has 6 nitrogen and oxygen atoms in total. The second kappa shape index (κ2) is 8.84. The van der Waals surface area contributed by atoms with E-state index in [-0.39, 0.29) is 5.91 Å². The average molecular weight is 446 g/mol. The highest BCUT2D eigenvalue weighted by Gasteiger charge is 2.24. The highest BCUT2D eigenvalue weighted by molar-refractivity contribution is 7.12. The average Bonchev–Trinajstić information content (AvgIpc) is 3.37. The van der Waals surface area contributed by atoms with E-state index in [1.165, 1.54) is 5.56 Å². The minimum atomic E-state index is 0.189. The Morgan fingerprint density at radius 1 is 1.00 bits per heavy atom. The second-order valence-corrected chi connectivity index (χ2v) is 9.69. The van der Waals surface area contributed by atoms with Gasteiger partial charge in [-0.1, -0.05) is 35.9 Å². The fourth-order valence-corrected chi connectivity index (χ4v) is 5.17. The Kier molecular flexibility index (Phi) is 5.76. The summed E-state index contributed by atoms with van der Waals surface area (Å²) in [5.74, 6) is 0.189. The van der Waals surface area contributed by atoms with E-state index in [1.807, 2.05) is 36.2 Å². The molecular formula is C25H27N5OS. The zero-order chi connectivity index (χ0) is 22.1. The van der Waals surface area contributed by atoms with Gasteiger partial charge in [-0.15, -0.1) is 11.3 Å². The number of thiazole rings is 1. The number of piperazine rings is 1. The van der Waals surface area contributed by atoms with Gasteiger partial charge in [0.1, 0.15) is 5.65 Å². The van der Waals surface area contributed by atoms with Gasteiger partial charge in [0.25, 0.3) is 0 Å². The van der Waals surface area contributed by atoms with E-state index < -0.39 is 0 Å². The lowest BCUT2D eigenvalue weighted by molar-refractivity contribution is -0.132. The summed E-state index contributed by atoms with van der Waals surface area (Å²) in [4.78, 5) is 27.9. The van der Waals surface area contributed by atoms with Crippen LogP contribution >= 0.6 is 11.3 Å². The fraction of sp³-hybridized carbons (Fsp3) is 0.320. The van der Waals surface area contributed by atoms with Gasteiger partial charge < -0.3 is 9.30 Å². The Bertz CT molecular complexity index is 1200. The number of aromatic nitrogens is 3. The number of rotatable bonds is 5. The molecule has 0 saturated carbocycles. The summed E-state index contributed by atoms with van der Waals surface area (Å²) >= 11 is 1.63. The Hall–Kier alpha value is -3.03. The molecule has 164 valence electrons. The molecule has 0 N–H and O–H groups in total. The first kappa shape index (κ1) is 20.8. The Morgan fingerprint density at radius 2 is 1.78 bits per heavy atom. The highest BCUT2D eigenvalue weighted by Crippen LogP contribution is 2.29. The first-order valence-corrected chi connectivity index (χ1v) is 11.8. The predicted molar refractivity (Wildman–Crippen MR) is 128 cm³/mol. The standard InChI is InChI=1S/C25H27N5OS/c1-18-6-8-20(9-7-18)25-22(32-19(2)26-25)15-24(31)29-13-11-28(12-14-29)16-21-17-30-10-4-3-5-23(30)27-21/h3-10,17H,11-16H2,1-2H3. The molecule has 1 aliphatic rings. The summed E-state index contributed by atoms with van der Waals surface area (Å²) in [6.45, 7) is 8.14. The van der Waals surface area contributed by atoms with E-state index >= 15 is 0 Å². The molecule has 0 aliphatic carbocycles. The molecule has 0 spiro atoms. The van der Waals surface area contributed by atoms with Gasteiger partial charge in [0.2, 0.25) is 5.91 Å². The van der Waals surface area contributed by atoms with Gasteiger partial charge in [0.15, 0.2) is 0 Å². The molecule has 32 heavy (non-hydrogen) atoms. The van der Waals surface area contributed by atoms with Crippen LogP contribution in [0.4, 0.5) is 0 Å². The second-order valence-electron chi connectivity index (χ2n) is 8.40. The number of hydrogen-bond acceptors (Lipinski definition) is 5. The quantitative estimate of drug-likeness (QED) is 0.467. The summed E-state index contributed by atoms with van der Waals surface area (Å²) in [5.41, 5.74) is 5.30. The van der Waals surface area contributed by atoms with Gasteiger partial charge >= 0.3 is 0 Å². The van der Waals surface area contributed by atoms with Crippen molar-refractivity contribution in [1.29, 1.82) is 0 Å². The third-order valence-corrected chi connectivity index (χ3v) is 6.94. The lowest BCUT2D eigenvalue weighted by Crippen LogP contribution is -2.48. The summed E-state index contributed by atoms with van der Waals surface area (Å²) in [6, 6.07) is 14.4. The SMILES string of the molecule is Cc1ccc(-c2nc(C)sc2CC(=O)N2CCN(Cc3cn4ccccc4n3)CC2)cc1. The first-order chi connectivity index (χ1) is 15.5. The maximum Gasteiger partial charge on any atom is 0.227 e. The lowest BCUT2D eigenvalue weighted by Gasteiger charge is -2.34. The zero-order valence-electron chi connectivity index (χ0n) is 18.5. The van der Waals surface area contributed by atoms with Gasteiger partial charge in [-0.2, -0.15) is 0 Å². The molecule has 1 amide bonds. The van der Waals surface area contributed by atoms with Crippen molar-refractivity contribution in [2.75, 3.05) is 26.2 Å². The number of carbonyl (C=O) groups is 1. The van der Waals surface area contributed by atoms with Crippen molar-refractivity contribution in [2.45, 2.75) is 26.8 Å². The normalized spacial score (nSPS) is 14.9. The Balaban J connectivity index is 1.20. The van der Waals surface area contributed by atoms with Crippen LogP contribution in [0.15, 0.2) is 54.9 Å². The maximum atomic E-state index is 13.1. The third kappa shape index (κ3) is 4.45. The molecule has 4 heterocycles. The molecule has 1 saturated heterocycles. The number of benzene rings is 1. The molecule has 1 aromatic carbocycles. The molecule has 0 radical (unpaired) electrons. The number of nitrogens with zero attached hydrogens (tertiary/aromatic N) is 5. The van der Waals surface area contributed by atoms with Crippen molar-refractivity contribution in [3.8, 4) is 11.3 Å². The number of hydrogen-bond donors (Lipinski definition) is 0. The van der Waals surface area contributed by atoms with Crippen molar-refractivity contribution in [3.05, 3.63) is 76.0 Å². The van der Waals surface area contributed by atoms with Crippen LogP contribution in [0.25, 0.3) is 16.9 Å². The summed E-state index contributed by atoms with van der Waals surface area (Å²) in [5, 5.41) is 1.00. The molecule has 1 fully saturated rings. The van der Waals surface area contributed by atoms with Crippen molar-refractivity contribution >= 4 is 22.9 Å². The van der Waals surface area contributed by atoms with Crippen LogP contribution in [0.5, 0.6) is 0 Å². The number of carbonyl (C=O) groups excluding carboxylic acids is 1. The molecule has 0 atom stereocenters. The lowest BCUT2D eigenvalue weighted by atomic mass is 10.1. The summed E-state index contributed by atoms with van der Waals surface area (Å²) in [7, 11) is 0. The molecule has 0 bridgehead atoms. The van der Waals surface area contributed by atoms with E-state index in [4.69, 9.17) is 9.97 Å². The van der Waals surface area contributed by atoms with E-state index in [0.717, 1.165) is 65.2 Å². The minimum absolute atomic E-state index is 0.189. The van der Waals surface area contributed by atoms with Crippen LogP contribution in [0.1, 0.15) is 21.1 Å². The van der Waals surface area contributed by atoms with Gasteiger partial charge in [-0.25, -0.2) is 9.97 Å². The molecule has 5 rings (SSSR count). The third-order valence-electron chi connectivity index (χ3n) is 5.97. The van der Waals surface area contributed by atoms with Gasteiger partial charge in [-0.05, 0) is 26.0 Å². The minimum Gasteiger partial charge on any atom is -0.340 e. The molecule has 3 aromatic heterocycles. The van der Waals surface area contributed by atoms with Gasteiger partial charge in [0, 0.05) is 55.6 Å². The van der Waals surface area contributed by atoms with Crippen LogP contribution in [0, 0.1) is 13.8 Å². The van der Waals surface area contributed by atoms with Crippen LogP contribution in [0.2, 0.25) is 0 Å².